The van der Waals surface area contributed by atoms with Crippen molar-refractivity contribution in [3.63, 3.8) is 0 Å². The van der Waals surface area contributed by atoms with Crippen molar-refractivity contribution >= 4 is 11.8 Å². The van der Waals surface area contributed by atoms with E-state index in [0.717, 1.165) is 32.2 Å². The van der Waals surface area contributed by atoms with Gasteiger partial charge in [0.2, 0.25) is 5.91 Å². The number of primary amides is 1. The molecular weight excluding hydrogens is 389 g/mol. The fraction of sp³-hybridized carbons (Fsp3) is 0.636. The molecule has 2 aliphatic heterocycles. The fourth-order valence-electron chi connectivity index (χ4n) is 4.55. The van der Waals surface area contributed by atoms with Crippen LogP contribution < -0.4 is 10.5 Å². The summed E-state index contributed by atoms with van der Waals surface area (Å²) in [6.45, 7) is 3.41. The molecule has 2 heterocycles. The van der Waals surface area contributed by atoms with Crippen LogP contribution >= 0.6 is 0 Å². The van der Waals surface area contributed by atoms with Gasteiger partial charge >= 0.3 is 0 Å². The average Bonchev–Trinajstić information content (AvgIpc) is 2.77. The van der Waals surface area contributed by atoms with Crippen molar-refractivity contribution in [2.75, 3.05) is 46.5 Å². The highest BCUT2D eigenvalue weighted by atomic mass is 19.1. The molecule has 0 saturated carbocycles. The number of hydrogen-bond acceptors (Lipinski definition) is 5. The lowest BCUT2D eigenvalue weighted by atomic mass is 9.76. The number of benzene rings is 1. The highest BCUT2D eigenvalue weighted by Gasteiger charge is 2.42. The molecule has 8 heteroatoms. The molecular formula is C22H32FN3O4. The quantitative estimate of drug-likeness (QED) is 0.692. The molecule has 0 spiro atoms. The van der Waals surface area contributed by atoms with Crippen LogP contribution in [0, 0.1) is 11.2 Å². The van der Waals surface area contributed by atoms with Gasteiger partial charge in [0, 0.05) is 39.4 Å². The van der Waals surface area contributed by atoms with E-state index in [-0.39, 0.29) is 24.2 Å². The molecule has 2 amide bonds. The third-order valence-electron chi connectivity index (χ3n) is 6.42. The van der Waals surface area contributed by atoms with E-state index in [1.807, 2.05) is 4.90 Å². The van der Waals surface area contributed by atoms with E-state index >= 15 is 0 Å². The zero-order chi connectivity index (χ0) is 21.6. The van der Waals surface area contributed by atoms with Gasteiger partial charge in [0.25, 0.3) is 5.91 Å². The molecule has 7 nitrogen and oxygen atoms in total. The van der Waals surface area contributed by atoms with E-state index in [2.05, 4.69) is 4.90 Å². The predicted molar refractivity (Wildman–Crippen MR) is 110 cm³/mol. The van der Waals surface area contributed by atoms with Crippen LogP contribution in [0.2, 0.25) is 0 Å². The van der Waals surface area contributed by atoms with Crippen LogP contribution in [0.15, 0.2) is 24.3 Å². The Morgan fingerprint density at radius 3 is 2.53 bits per heavy atom. The van der Waals surface area contributed by atoms with Crippen molar-refractivity contribution < 1.29 is 23.5 Å². The molecule has 2 saturated heterocycles. The van der Waals surface area contributed by atoms with E-state index in [9.17, 15) is 14.0 Å². The second-order valence-corrected chi connectivity index (χ2v) is 8.32. The van der Waals surface area contributed by atoms with Crippen molar-refractivity contribution in [2.24, 2.45) is 11.1 Å². The van der Waals surface area contributed by atoms with Crippen molar-refractivity contribution in [2.45, 2.75) is 38.1 Å². The molecule has 0 aromatic heterocycles. The smallest absolute Gasteiger partial charge is 0.260 e. The summed E-state index contributed by atoms with van der Waals surface area (Å²) in [7, 11) is 1.64. The van der Waals surface area contributed by atoms with Crippen molar-refractivity contribution in [1.82, 2.24) is 9.80 Å². The summed E-state index contributed by atoms with van der Waals surface area (Å²) < 4.78 is 23.6. The Labute approximate surface area is 177 Å². The number of carbonyl (C=O) groups excluding carboxylic acids is 2. The highest BCUT2D eigenvalue weighted by molar-refractivity contribution is 5.81. The number of hydrogen-bond donors (Lipinski definition) is 1. The number of piperidine rings is 2. The fourth-order valence-corrected chi connectivity index (χ4v) is 4.55. The zero-order valence-electron chi connectivity index (χ0n) is 17.6. The molecule has 2 aliphatic rings. The Bertz CT molecular complexity index is 722. The number of carbonyl (C=O) groups is 2. The largest absolute Gasteiger partial charge is 0.484 e. The average molecular weight is 422 g/mol. The molecule has 2 fully saturated rings. The minimum atomic E-state index is -0.524. The lowest BCUT2D eigenvalue weighted by Crippen LogP contribution is -2.56. The summed E-state index contributed by atoms with van der Waals surface area (Å²) in [5.41, 5.74) is 5.25. The van der Waals surface area contributed by atoms with E-state index in [1.165, 1.54) is 24.3 Å². The molecule has 0 radical (unpaired) electrons. The first-order chi connectivity index (χ1) is 14.4. The first-order valence-electron chi connectivity index (χ1n) is 10.6. The summed E-state index contributed by atoms with van der Waals surface area (Å²) in [5.74, 6) is -0.166. The molecule has 1 atom stereocenters. The number of nitrogens with zero attached hydrogens (tertiary/aromatic N) is 2. The Balaban J connectivity index is 1.48. The van der Waals surface area contributed by atoms with Gasteiger partial charge < -0.3 is 20.1 Å². The van der Waals surface area contributed by atoms with Crippen LogP contribution in [0.3, 0.4) is 0 Å². The number of halogens is 1. The monoisotopic (exact) mass is 421 g/mol. The van der Waals surface area contributed by atoms with E-state index < -0.39 is 5.41 Å². The summed E-state index contributed by atoms with van der Waals surface area (Å²) in [5, 5.41) is 0. The highest BCUT2D eigenvalue weighted by Crippen LogP contribution is 2.35. The molecule has 0 aliphatic carbocycles. The number of rotatable bonds is 8. The summed E-state index contributed by atoms with van der Waals surface area (Å²) in [4.78, 5) is 28.9. The van der Waals surface area contributed by atoms with E-state index in [0.29, 0.717) is 44.5 Å². The molecule has 3 rings (SSSR count). The maximum Gasteiger partial charge on any atom is 0.260 e. The SMILES string of the molecule is COCCC1(C(N)=O)CCCN(C2CCN(C(=O)COc3ccc(F)cc3)CC2)C1. The van der Waals surface area contributed by atoms with Crippen molar-refractivity contribution in [1.29, 1.82) is 0 Å². The molecule has 166 valence electrons. The van der Waals surface area contributed by atoms with Crippen LogP contribution in [-0.2, 0) is 14.3 Å². The van der Waals surface area contributed by atoms with Crippen LogP contribution in [0.4, 0.5) is 4.39 Å². The third kappa shape index (κ3) is 5.49. The standard InChI is InChI=1S/C22H32FN3O4/c1-29-14-10-22(21(24)28)9-2-11-26(16-22)18-7-12-25(13-8-18)20(27)15-30-19-5-3-17(23)4-6-19/h3-6,18H,2,7-16H2,1H3,(H2,24,28). The van der Waals surface area contributed by atoms with Crippen LogP contribution in [-0.4, -0.2) is 74.2 Å². The number of nitrogens with two attached hydrogens (primary N) is 1. The Morgan fingerprint density at radius 2 is 1.90 bits per heavy atom. The van der Waals surface area contributed by atoms with E-state index in [4.69, 9.17) is 15.2 Å². The zero-order valence-corrected chi connectivity index (χ0v) is 17.6. The van der Waals surface area contributed by atoms with Gasteiger partial charge in [-0.1, -0.05) is 0 Å². The Hall–Kier alpha value is -2.19. The number of ether oxygens (including phenoxy) is 2. The lowest BCUT2D eigenvalue weighted by molar-refractivity contribution is -0.136. The van der Waals surface area contributed by atoms with Gasteiger partial charge in [0.05, 0.1) is 5.41 Å². The topological polar surface area (TPSA) is 85.1 Å². The van der Waals surface area contributed by atoms with Gasteiger partial charge in [-0.25, -0.2) is 4.39 Å². The molecule has 0 bridgehead atoms. The van der Waals surface area contributed by atoms with Gasteiger partial charge in [0.1, 0.15) is 11.6 Å². The summed E-state index contributed by atoms with van der Waals surface area (Å²) in [6, 6.07) is 5.99. The van der Waals surface area contributed by atoms with Gasteiger partial charge in [-0.05, 0) is 62.9 Å². The normalized spacial score (nSPS) is 23.3. The van der Waals surface area contributed by atoms with E-state index in [1.54, 1.807) is 7.11 Å². The number of methoxy groups -OCH3 is 1. The molecule has 1 aromatic carbocycles. The number of amides is 2. The second-order valence-electron chi connectivity index (χ2n) is 8.32. The van der Waals surface area contributed by atoms with Crippen molar-refractivity contribution in [3.05, 3.63) is 30.1 Å². The number of likely N-dealkylation sites (tertiary alicyclic amines) is 2. The minimum Gasteiger partial charge on any atom is -0.484 e. The van der Waals surface area contributed by atoms with Crippen LogP contribution in [0.1, 0.15) is 32.1 Å². The first-order valence-corrected chi connectivity index (χ1v) is 10.6. The maximum atomic E-state index is 13.0. The van der Waals surface area contributed by atoms with Gasteiger partial charge in [-0.15, -0.1) is 0 Å². The van der Waals surface area contributed by atoms with Crippen LogP contribution in [0.5, 0.6) is 5.75 Å². The minimum absolute atomic E-state index is 0.0538. The summed E-state index contributed by atoms with van der Waals surface area (Å²) in [6.07, 6.45) is 4.12. The third-order valence-corrected chi connectivity index (χ3v) is 6.42. The molecule has 1 aromatic rings. The van der Waals surface area contributed by atoms with Gasteiger partial charge in [-0.2, -0.15) is 0 Å². The van der Waals surface area contributed by atoms with Gasteiger partial charge in [-0.3, -0.25) is 14.5 Å². The Kier molecular flexibility index (Phi) is 7.66. The lowest BCUT2D eigenvalue weighted by Gasteiger charge is -2.46. The molecule has 30 heavy (non-hydrogen) atoms. The summed E-state index contributed by atoms with van der Waals surface area (Å²) >= 11 is 0. The van der Waals surface area contributed by atoms with Crippen LogP contribution in [0.25, 0.3) is 0 Å². The predicted octanol–water partition coefficient (Wildman–Crippen LogP) is 1.80. The maximum absolute atomic E-state index is 13.0. The molecule has 1 unspecified atom stereocenters. The molecule has 2 N–H and O–H groups in total. The second kappa shape index (κ2) is 10.2. The Morgan fingerprint density at radius 1 is 1.20 bits per heavy atom. The first kappa shape index (κ1) is 22.5. The van der Waals surface area contributed by atoms with Gasteiger partial charge in [0.15, 0.2) is 6.61 Å². The van der Waals surface area contributed by atoms with Crippen molar-refractivity contribution in [3.8, 4) is 5.75 Å².